The van der Waals surface area contributed by atoms with Crippen LogP contribution in [-0.4, -0.2) is 45.1 Å². The summed E-state index contributed by atoms with van der Waals surface area (Å²) < 4.78 is 44.2. The summed E-state index contributed by atoms with van der Waals surface area (Å²) in [4.78, 5) is 11.2. The van der Waals surface area contributed by atoms with Gasteiger partial charge in [-0.2, -0.15) is 4.31 Å². The Labute approximate surface area is 193 Å². The lowest BCUT2D eigenvalue weighted by Gasteiger charge is -2.23. The predicted octanol–water partition coefficient (Wildman–Crippen LogP) is 3.80. The fraction of sp³-hybridized carbons (Fsp3) is 0.208. The van der Waals surface area contributed by atoms with Crippen molar-refractivity contribution in [2.75, 3.05) is 21.3 Å². The van der Waals surface area contributed by atoms with E-state index < -0.39 is 16.0 Å². The fourth-order valence-corrected chi connectivity index (χ4v) is 4.66. The molecule has 0 spiro atoms. The van der Waals surface area contributed by atoms with Crippen molar-refractivity contribution in [3.63, 3.8) is 0 Å². The van der Waals surface area contributed by atoms with Crippen LogP contribution < -0.4 is 14.2 Å². The van der Waals surface area contributed by atoms with Crippen molar-refractivity contribution in [3.05, 3.63) is 83.4 Å². The number of hydrogen-bond acceptors (Lipinski definition) is 6. The number of sulfonamides is 1. The minimum absolute atomic E-state index is 0.00382. The van der Waals surface area contributed by atoms with E-state index in [1.54, 1.807) is 49.6 Å². The number of carbonyl (C=O) groups is 1. The van der Waals surface area contributed by atoms with Crippen LogP contribution in [0.15, 0.2) is 71.6 Å². The van der Waals surface area contributed by atoms with Crippen molar-refractivity contribution in [3.8, 4) is 17.2 Å². The third kappa shape index (κ3) is 5.82. The number of carboxylic acids is 1. The highest BCUT2D eigenvalue weighted by Gasteiger charge is 2.26. The SMILES string of the molecule is COc1ccc(CN(Cc2cc(OC)cc(OC)c2)S(=O)(=O)c2ccc(C(=O)O)cc2)cc1. The van der Waals surface area contributed by atoms with Gasteiger partial charge < -0.3 is 19.3 Å². The van der Waals surface area contributed by atoms with Crippen LogP contribution in [0.5, 0.6) is 17.2 Å². The van der Waals surface area contributed by atoms with E-state index in [9.17, 15) is 13.2 Å². The lowest BCUT2D eigenvalue weighted by atomic mass is 10.1. The second-order valence-corrected chi connectivity index (χ2v) is 9.11. The van der Waals surface area contributed by atoms with E-state index in [1.165, 1.54) is 42.8 Å². The molecule has 174 valence electrons. The Morgan fingerprint density at radius 1 is 0.758 bits per heavy atom. The van der Waals surface area contributed by atoms with Crippen LogP contribution in [0, 0.1) is 0 Å². The second kappa shape index (κ2) is 10.4. The summed E-state index contributed by atoms with van der Waals surface area (Å²) in [6.45, 7) is 0.134. The number of methoxy groups -OCH3 is 3. The molecule has 0 fully saturated rings. The Morgan fingerprint density at radius 3 is 1.76 bits per heavy atom. The van der Waals surface area contributed by atoms with E-state index in [-0.39, 0.29) is 23.5 Å². The van der Waals surface area contributed by atoms with E-state index in [1.807, 2.05) is 0 Å². The van der Waals surface area contributed by atoms with Gasteiger partial charge in [-0.25, -0.2) is 13.2 Å². The molecule has 3 aromatic rings. The van der Waals surface area contributed by atoms with Gasteiger partial charge in [0.25, 0.3) is 0 Å². The largest absolute Gasteiger partial charge is 0.497 e. The Balaban J connectivity index is 2.01. The number of nitrogens with zero attached hydrogens (tertiary/aromatic N) is 1. The van der Waals surface area contributed by atoms with Gasteiger partial charge in [-0.05, 0) is 59.7 Å². The van der Waals surface area contributed by atoms with Gasteiger partial charge in [0.1, 0.15) is 17.2 Å². The number of hydrogen-bond donors (Lipinski definition) is 1. The van der Waals surface area contributed by atoms with Crippen LogP contribution in [0.4, 0.5) is 0 Å². The van der Waals surface area contributed by atoms with Gasteiger partial charge in [-0.3, -0.25) is 0 Å². The van der Waals surface area contributed by atoms with Crippen molar-refractivity contribution in [2.45, 2.75) is 18.0 Å². The van der Waals surface area contributed by atoms with Crippen molar-refractivity contribution in [1.29, 1.82) is 0 Å². The van der Waals surface area contributed by atoms with Gasteiger partial charge in [0.2, 0.25) is 10.0 Å². The molecule has 33 heavy (non-hydrogen) atoms. The summed E-state index contributed by atoms with van der Waals surface area (Å²) in [6.07, 6.45) is 0. The molecular weight excluding hydrogens is 446 g/mol. The topological polar surface area (TPSA) is 102 Å². The summed E-state index contributed by atoms with van der Waals surface area (Å²) in [7, 11) is 0.636. The van der Waals surface area contributed by atoms with Crippen molar-refractivity contribution in [2.24, 2.45) is 0 Å². The molecule has 0 aliphatic carbocycles. The fourth-order valence-electron chi connectivity index (χ4n) is 3.24. The van der Waals surface area contributed by atoms with Gasteiger partial charge in [0.15, 0.2) is 0 Å². The van der Waals surface area contributed by atoms with Crippen LogP contribution in [0.3, 0.4) is 0 Å². The zero-order chi connectivity index (χ0) is 24.0. The first kappa shape index (κ1) is 24.1. The summed E-state index contributed by atoms with van der Waals surface area (Å²) in [5, 5.41) is 9.13. The van der Waals surface area contributed by atoms with Gasteiger partial charge >= 0.3 is 5.97 Å². The van der Waals surface area contributed by atoms with Crippen LogP contribution >= 0.6 is 0 Å². The highest BCUT2D eigenvalue weighted by atomic mass is 32.2. The Kier molecular flexibility index (Phi) is 7.57. The summed E-state index contributed by atoms with van der Waals surface area (Å²) in [5.41, 5.74) is 1.44. The molecule has 0 saturated carbocycles. The van der Waals surface area contributed by atoms with Crippen molar-refractivity contribution >= 4 is 16.0 Å². The lowest BCUT2D eigenvalue weighted by molar-refractivity contribution is 0.0696. The Bertz CT molecular complexity index is 1180. The molecule has 0 heterocycles. The molecule has 0 amide bonds. The van der Waals surface area contributed by atoms with E-state index >= 15 is 0 Å². The number of carboxylic acid groups (broad SMARTS) is 1. The predicted molar refractivity (Wildman–Crippen MR) is 122 cm³/mol. The smallest absolute Gasteiger partial charge is 0.335 e. The second-order valence-electron chi connectivity index (χ2n) is 7.17. The first-order chi connectivity index (χ1) is 15.8. The quantitative estimate of drug-likeness (QED) is 0.480. The van der Waals surface area contributed by atoms with Gasteiger partial charge in [0, 0.05) is 19.2 Å². The molecule has 3 aromatic carbocycles. The number of aromatic carboxylic acids is 1. The van der Waals surface area contributed by atoms with E-state index in [2.05, 4.69) is 0 Å². The van der Waals surface area contributed by atoms with Crippen LogP contribution in [0.25, 0.3) is 0 Å². The van der Waals surface area contributed by atoms with Crippen molar-refractivity contribution < 1.29 is 32.5 Å². The molecule has 1 N–H and O–H groups in total. The van der Waals surface area contributed by atoms with E-state index in [4.69, 9.17) is 19.3 Å². The zero-order valence-corrected chi connectivity index (χ0v) is 19.3. The molecule has 0 aliphatic rings. The first-order valence-corrected chi connectivity index (χ1v) is 11.4. The van der Waals surface area contributed by atoms with Crippen LogP contribution in [0.2, 0.25) is 0 Å². The molecule has 0 aromatic heterocycles. The summed E-state index contributed by atoms with van der Waals surface area (Å²) in [5.74, 6) is 0.612. The monoisotopic (exact) mass is 471 g/mol. The molecule has 0 unspecified atom stereocenters. The molecule has 0 saturated heterocycles. The molecule has 3 rings (SSSR count). The average Bonchev–Trinajstić information content (AvgIpc) is 2.83. The Hall–Kier alpha value is -3.56. The lowest BCUT2D eigenvalue weighted by Crippen LogP contribution is -2.30. The van der Waals surface area contributed by atoms with Crippen LogP contribution in [0.1, 0.15) is 21.5 Å². The third-order valence-electron chi connectivity index (χ3n) is 5.03. The highest BCUT2D eigenvalue weighted by Crippen LogP contribution is 2.27. The Morgan fingerprint density at radius 2 is 1.27 bits per heavy atom. The van der Waals surface area contributed by atoms with Crippen LogP contribution in [-0.2, 0) is 23.1 Å². The molecule has 8 nitrogen and oxygen atoms in total. The molecule has 0 radical (unpaired) electrons. The van der Waals surface area contributed by atoms with Gasteiger partial charge in [-0.15, -0.1) is 0 Å². The highest BCUT2D eigenvalue weighted by molar-refractivity contribution is 7.89. The normalized spacial score (nSPS) is 11.3. The minimum Gasteiger partial charge on any atom is -0.497 e. The molecule has 9 heteroatoms. The number of rotatable bonds is 10. The number of benzene rings is 3. The summed E-state index contributed by atoms with van der Waals surface area (Å²) >= 11 is 0. The molecular formula is C24H25NO7S. The zero-order valence-electron chi connectivity index (χ0n) is 18.5. The maximum Gasteiger partial charge on any atom is 0.335 e. The van der Waals surface area contributed by atoms with Crippen molar-refractivity contribution in [1.82, 2.24) is 4.31 Å². The minimum atomic E-state index is -3.97. The third-order valence-corrected chi connectivity index (χ3v) is 6.83. The van der Waals surface area contributed by atoms with E-state index in [0.717, 1.165) is 5.56 Å². The van der Waals surface area contributed by atoms with Gasteiger partial charge in [-0.1, -0.05) is 12.1 Å². The molecule has 0 aliphatic heterocycles. The average molecular weight is 472 g/mol. The summed E-state index contributed by atoms with van der Waals surface area (Å²) in [6, 6.07) is 17.4. The molecule has 0 bridgehead atoms. The van der Waals surface area contributed by atoms with Gasteiger partial charge in [0.05, 0.1) is 31.8 Å². The number of ether oxygens (including phenoxy) is 3. The first-order valence-electron chi connectivity index (χ1n) is 9.95. The molecule has 0 atom stereocenters. The maximum atomic E-state index is 13.5. The maximum absolute atomic E-state index is 13.5. The standard InChI is InChI=1S/C24H25NO7S/c1-30-20-8-4-17(5-9-20)15-25(16-18-12-21(31-2)14-22(13-18)32-3)33(28,29)23-10-6-19(7-11-23)24(26)27/h4-14H,15-16H2,1-3H3,(H,26,27). The van der Waals surface area contributed by atoms with E-state index in [0.29, 0.717) is 22.8 Å².